The third-order valence-corrected chi connectivity index (χ3v) is 10.5. The molecule has 0 aromatic heterocycles. The molecular weight excluding hydrogens is 745 g/mol. The van der Waals surface area contributed by atoms with E-state index in [0.29, 0.717) is 12.8 Å². The summed E-state index contributed by atoms with van der Waals surface area (Å²) in [6.07, 6.45) is 60.6. The predicted octanol–water partition coefficient (Wildman–Crippen LogP) is 16.3. The van der Waals surface area contributed by atoms with E-state index in [0.717, 1.165) is 70.6 Å². The Labute approximate surface area is 370 Å². The second-order valence-corrected chi connectivity index (χ2v) is 16.4. The molecule has 0 saturated heterocycles. The van der Waals surface area contributed by atoms with Crippen LogP contribution < -0.4 is 0 Å². The molecule has 6 nitrogen and oxygen atoms in total. The summed E-state index contributed by atoms with van der Waals surface area (Å²) >= 11 is 0. The molecule has 0 spiro atoms. The molecule has 0 heterocycles. The zero-order valence-electron chi connectivity index (χ0n) is 39.2. The standard InChI is InChI=1S/C54H92O6/c1-4-7-10-13-16-19-21-23-25-26-27-29-30-32-35-38-41-44-47-53(56)59-50-51(49-58-52(55)46-43-40-37-34-18-15-12-9-6-3)60-54(57)48-45-42-39-36-33-31-28-24-22-20-17-14-11-8-5-2/h8,11,17,20,24-26,28,33,36,42,45,51H,4-7,9-10,12-16,18-19,21-23,27,29-32,34-35,37-41,43-44,46-50H2,1-3H3/b11-8-,20-17-,26-25-,28-24-,36-33-,45-42-. The summed E-state index contributed by atoms with van der Waals surface area (Å²) in [6, 6.07) is 0. The number of carbonyl (C=O) groups excluding carboxylic acids is 3. The number of carbonyl (C=O) groups is 3. The van der Waals surface area contributed by atoms with Crippen LogP contribution in [0.5, 0.6) is 0 Å². The van der Waals surface area contributed by atoms with Gasteiger partial charge in [-0.25, -0.2) is 0 Å². The van der Waals surface area contributed by atoms with Crippen molar-refractivity contribution in [3.05, 3.63) is 72.9 Å². The molecule has 1 unspecified atom stereocenters. The largest absolute Gasteiger partial charge is 0.462 e. The van der Waals surface area contributed by atoms with Crippen LogP contribution in [0.4, 0.5) is 0 Å². The molecule has 0 bridgehead atoms. The Bertz CT molecular complexity index is 1140. The minimum absolute atomic E-state index is 0.0976. The molecule has 344 valence electrons. The highest BCUT2D eigenvalue weighted by atomic mass is 16.6. The Morgan fingerprint density at radius 1 is 0.367 bits per heavy atom. The fraction of sp³-hybridized carbons (Fsp3) is 0.722. The van der Waals surface area contributed by atoms with E-state index in [9.17, 15) is 14.4 Å². The highest BCUT2D eigenvalue weighted by Crippen LogP contribution is 2.14. The summed E-state index contributed by atoms with van der Waals surface area (Å²) in [7, 11) is 0. The monoisotopic (exact) mass is 837 g/mol. The van der Waals surface area contributed by atoms with Crippen LogP contribution in [-0.2, 0) is 28.6 Å². The van der Waals surface area contributed by atoms with Crippen molar-refractivity contribution >= 4 is 17.9 Å². The number of esters is 3. The van der Waals surface area contributed by atoms with Gasteiger partial charge in [-0.15, -0.1) is 0 Å². The zero-order chi connectivity index (χ0) is 43.7. The summed E-state index contributed by atoms with van der Waals surface area (Å²) in [5, 5.41) is 0. The van der Waals surface area contributed by atoms with Gasteiger partial charge in [0.25, 0.3) is 0 Å². The first kappa shape index (κ1) is 56.9. The van der Waals surface area contributed by atoms with Crippen molar-refractivity contribution in [2.24, 2.45) is 0 Å². The molecule has 0 rings (SSSR count). The van der Waals surface area contributed by atoms with E-state index < -0.39 is 12.1 Å². The Balaban J connectivity index is 4.44. The molecule has 0 amide bonds. The van der Waals surface area contributed by atoms with Gasteiger partial charge in [0.05, 0.1) is 6.42 Å². The maximum absolute atomic E-state index is 12.7. The van der Waals surface area contributed by atoms with Crippen LogP contribution >= 0.6 is 0 Å². The normalized spacial score (nSPS) is 12.7. The molecule has 0 saturated carbocycles. The topological polar surface area (TPSA) is 78.9 Å². The van der Waals surface area contributed by atoms with Gasteiger partial charge < -0.3 is 14.2 Å². The van der Waals surface area contributed by atoms with Gasteiger partial charge in [-0.3, -0.25) is 14.4 Å². The summed E-state index contributed by atoms with van der Waals surface area (Å²) in [6.45, 7) is 6.41. The lowest BCUT2D eigenvalue weighted by Gasteiger charge is -2.18. The molecule has 0 fully saturated rings. The van der Waals surface area contributed by atoms with Crippen molar-refractivity contribution in [3.8, 4) is 0 Å². The molecule has 0 aliphatic rings. The van der Waals surface area contributed by atoms with Gasteiger partial charge in [0.15, 0.2) is 6.10 Å². The van der Waals surface area contributed by atoms with Crippen LogP contribution in [0.3, 0.4) is 0 Å². The molecule has 60 heavy (non-hydrogen) atoms. The van der Waals surface area contributed by atoms with E-state index in [-0.39, 0.29) is 31.6 Å². The minimum Gasteiger partial charge on any atom is -0.462 e. The second-order valence-electron chi connectivity index (χ2n) is 16.4. The number of hydrogen-bond acceptors (Lipinski definition) is 6. The Kier molecular flexibility index (Phi) is 46.0. The molecule has 0 N–H and O–H groups in total. The van der Waals surface area contributed by atoms with Crippen LogP contribution in [0, 0.1) is 0 Å². The van der Waals surface area contributed by atoms with Gasteiger partial charge in [0, 0.05) is 12.8 Å². The maximum Gasteiger partial charge on any atom is 0.310 e. The highest BCUT2D eigenvalue weighted by Gasteiger charge is 2.19. The van der Waals surface area contributed by atoms with Gasteiger partial charge in [-0.05, 0) is 70.6 Å². The van der Waals surface area contributed by atoms with E-state index in [1.807, 2.05) is 6.08 Å². The molecule has 0 aliphatic heterocycles. The first-order valence-corrected chi connectivity index (χ1v) is 24.9. The Hall–Kier alpha value is -3.15. The van der Waals surface area contributed by atoms with Crippen molar-refractivity contribution in [2.75, 3.05) is 13.2 Å². The molecular formula is C54H92O6. The third kappa shape index (κ3) is 45.9. The molecule has 0 radical (unpaired) electrons. The zero-order valence-corrected chi connectivity index (χ0v) is 39.2. The smallest absolute Gasteiger partial charge is 0.310 e. The SMILES string of the molecule is CC/C=C\C/C=C\C/C=C\C/C=C\C/C=C\CC(=O)OC(COC(=O)CCCCCCCCC/C=C\CCCCCCCCC)COC(=O)CCCCCCCCCCC. The number of allylic oxidation sites excluding steroid dienone is 11. The second kappa shape index (κ2) is 48.5. The van der Waals surface area contributed by atoms with Crippen LogP contribution in [0.2, 0.25) is 0 Å². The molecule has 6 heteroatoms. The third-order valence-electron chi connectivity index (χ3n) is 10.5. The van der Waals surface area contributed by atoms with Crippen molar-refractivity contribution in [2.45, 2.75) is 239 Å². The molecule has 0 aromatic rings. The fourth-order valence-corrected chi connectivity index (χ4v) is 6.75. The predicted molar refractivity (Wildman–Crippen MR) is 256 cm³/mol. The summed E-state index contributed by atoms with van der Waals surface area (Å²) in [4.78, 5) is 37.8. The molecule has 1 atom stereocenters. The van der Waals surface area contributed by atoms with Crippen molar-refractivity contribution in [1.82, 2.24) is 0 Å². The number of unbranched alkanes of at least 4 members (excludes halogenated alkanes) is 22. The lowest BCUT2D eigenvalue weighted by molar-refractivity contribution is -0.166. The van der Waals surface area contributed by atoms with E-state index in [1.54, 1.807) is 6.08 Å². The van der Waals surface area contributed by atoms with Crippen LogP contribution in [-0.4, -0.2) is 37.2 Å². The summed E-state index contributed by atoms with van der Waals surface area (Å²) in [5.74, 6) is -1.05. The Morgan fingerprint density at radius 3 is 1.08 bits per heavy atom. The lowest BCUT2D eigenvalue weighted by Crippen LogP contribution is -2.30. The van der Waals surface area contributed by atoms with Crippen molar-refractivity contribution in [3.63, 3.8) is 0 Å². The fourth-order valence-electron chi connectivity index (χ4n) is 6.75. The first-order chi connectivity index (χ1) is 29.5. The van der Waals surface area contributed by atoms with E-state index in [1.165, 1.54) is 122 Å². The number of ether oxygens (including phenoxy) is 3. The maximum atomic E-state index is 12.7. The highest BCUT2D eigenvalue weighted by molar-refractivity contribution is 5.72. The van der Waals surface area contributed by atoms with Crippen molar-refractivity contribution in [1.29, 1.82) is 0 Å². The van der Waals surface area contributed by atoms with Crippen LogP contribution in [0.25, 0.3) is 0 Å². The average Bonchev–Trinajstić information content (AvgIpc) is 3.24. The lowest BCUT2D eigenvalue weighted by atomic mass is 10.1. The van der Waals surface area contributed by atoms with E-state index >= 15 is 0 Å². The summed E-state index contributed by atoms with van der Waals surface area (Å²) in [5.41, 5.74) is 0. The first-order valence-electron chi connectivity index (χ1n) is 24.9. The van der Waals surface area contributed by atoms with Gasteiger partial charge in [0.1, 0.15) is 13.2 Å². The summed E-state index contributed by atoms with van der Waals surface area (Å²) < 4.78 is 16.6. The van der Waals surface area contributed by atoms with Crippen LogP contribution in [0.15, 0.2) is 72.9 Å². The minimum atomic E-state index is -0.827. The van der Waals surface area contributed by atoms with Crippen molar-refractivity contribution < 1.29 is 28.6 Å². The van der Waals surface area contributed by atoms with E-state index in [2.05, 4.69) is 81.5 Å². The van der Waals surface area contributed by atoms with Gasteiger partial charge in [0.2, 0.25) is 0 Å². The number of hydrogen-bond donors (Lipinski definition) is 0. The number of rotatable bonds is 44. The van der Waals surface area contributed by atoms with Crippen LogP contribution in [0.1, 0.15) is 233 Å². The van der Waals surface area contributed by atoms with Gasteiger partial charge in [-0.1, -0.05) is 216 Å². The Morgan fingerprint density at radius 2 is 0.700 bits per heavy atom. The van der Waals surface area contributed by atoms with Gasteiger partial charge >= 0.3 is 17.9 Å². The van der Waals surface area contributed by atoms with E-state index in [4.69, 9.17) is 14.2 Å². The molecule has 0 aromatic carbocycles. The quantitative estimate of drug-likeness (QED) is 0.0263. The average molecular weight is 837 g/mol. The molecule has 0 aliphatic carbocycles. The van der Waals surface area contributed by atoms with Gasteiger partial charge in [-0.2, -0.15) is 0 Å².